The van der Waals surface area contributed by atoms with Crippen LogP contribution in [0.5, 0.6) is 0 Å². The number of nitrogens with one attached hydrogen (secondary N) is 2. The lowest BCUT2D eigenvalue weighted by atomic mass is 10.1. The highest BCUT2D eigenvalue weighted by Gasteiger charge is 2.14. The molecule has 2 N–H and O–H groups in total. The van der Waals surface area contributed by atoms with E-state index in [-0.39, 0.29) is 11.9 Å². The first-order valence-corrected chi connectivity index (χ1v) is 8.71. The first-order chi connectivity index (χ1) is 10.9. The third kappa shape index (κ3) is 5.98. The molecule has 0 radical (unpaired) electrons. The smallest absolute Gasteiger partial charge is 0.275 e. The minimum atomic E-state index is -0.0540. The largest absolute Gasteiger partial charge is 0.345 e. The molecule has 2 rings (SSSR count). The van der Waals surface area contributed by atoms with Crippen molar-refractivity contribution < 1.29 is 9.69 Å². The highest BCUT2D eigenvalue weighted by Crippen LogP contribution is 2.17. The quantitative estimate of drug-likeness (QED) is 0.773. The van der Waals surface area contributed by atoms with E-state index in [4.69, 9.17) is 11.6 Å². The fourth-order valence-electron chi connectivity index (χ4n) is 2.44. The van der Waals surface area contributed by atoms with Crippen LogP contribution in [0.3, 0.4) is 0 Å². The number of hydrogen-bond acceptors (Lipinski definition) is 1. The number of halogens is 2. The molecule has 2 atom stereocenters. The molecule has 1 unspecified atom stereocenters. The molecule has 2 aromatic rings. The Hall–Kier alpha value is -1.36. The van der Waals surface area contributed by atoms with Crippen LogP contribution in [0, 0.1) is 0 Å². The number of carbonyl (C=O) groups excluding carboxylic acids is 1. The zero-order valence-electron chi connectivity index (χ0n) is 13.3. The Bertz CT molecular complexity index is 660. The molecule has 0 aliphatic carbocycles. The standard InChI is InChI=1S/C18H20BrClN2O/c1-13(15-4-3-5-17(20)10-15)21-18(23)12-22(2)11-14-6-8-16(19)9-7-14/h3-10,13H,11-12H2,1-2H3,(H,21,23)/p+1/t13-/m0/s1. The van der Waals surface area contributed by atoms with Crippen molar-refractivity contribution in [2.45, 2.75) is 19.5 Å². The number of quaternary nitrogens is 1. The molecule has 23 heavy (non-hydrogen) atoms. The average molecular weight is 397 g/mol. The van der Waals surface area contributed by atoms with Gasteiger partial charge in [0, 0.05) is 15.1 Å². The maximum atomic E-state index is 12.2. The highest BCUT2D eigenvalue weighted by molar-refractivity contribution is 9.10. The monoisotopic (exact) mass is 395 g/mol. The first kappa shape index (κ1) is 18.0. The van der Waals surface area contributed by atoms with Gasteiger partial charge in [0.25, 0.3) is 5.91 Å². The van der Waals surface area contributed by atoms with Gasteiger partial charge < -0.3 is 10.2 Å². The molecule has 0 heterocycles. The Labute approximate surface area is 150 Å². The zero-order chi connectivity index (χ0) is 16.8. The van der Waals surface area contributed by atoms with Gasteiger partial charge in [-0.25, -0.2) is 0 Å². The van der Waals surface area contributed by atoms with E-state index in [0.717, 1.165) is 21.5 Å². The van der Waals surface area contributed by atoms with Gasteiger partial charge in [-0.15, -0.1) is 0 Å². The van der Waals surface area contributed by atoms with Crippen LogP contribution in [0.25, 0.3) is 0 Å². The predicted molar refractivity (Wildman–Crippen MR) is 97.6 cm³/mol. The van der Waals surface area contributed by atoms with Crippen LogP contribution < -0.4 is 10.2 Å². The highest BCUT2D eigenvalue weighted by atomic mass is 79.9. The maximum absolute atomic E-state index is 12.2. The van der Waals surface area contributed by atoms with E-state index in [0.29, 0.717) is 11.6 Å². The second-order valence-electron chi connectivity index (χ2n) is 5.78. The third-order valence-corrected chi connectivity index (χ3v) is 4.37. The molecule has 122 valence electrons. The Morgan fingerprint density at radius 3 is 2.61 bits per heavy atom. The molecule has 0 bridgehead atoms. The van der Waals surface area contributed by atoms with Crippen LogP contribution in [0.2, 0.25) is 5.02 Å². The lowest BCUT2D eigenvalue weighted by Gasteiger charge is -2.17. The van der Waals surface area contributed by atoms with E-state index in [1.807, 2.05) is 50.4 Å². The average Bonchev–Trinajstić information content (AvgIpc) is 2.49. The summed E-state index contributed by atoms with van der Waals surface area (Å²) in [5.74, 6) is 0.0343. The number of likely N-dealkylation sites (N-methyl/N-ethyl adjacent to an activating group) is 1. The molecule has 1 amide bonds. The van der Waals surface area contributed by atoms with Crippen molar-refractivity contribution in [1.29, 1.82) is 0 Å². The van der Waals surface area contributed by atoms with Gasteiger partial charge in [-0.05, 0) is 36.8 Å². The summed E-state index contributed by atoms with van der Waals surface area (Å²) in [5.41, 5.74) is 2.22. The van der Waals surface area contributed by atoms with Gasteiger partial charge in [-0.2, -0.15) is 0 Å². The Morgan fingerprint density at radius 1 is 1.26 bits per heavy atom. The molecule has 3 nitrogen and oxygen atoms in total. The Balaban J connectivity index is 1.85. The van der Waals surface area contributed by atoms with Crippen LogP contribution in [0.1, 0.15) is 24.1 Å². The minimum Gasteiger partial charge on any atom is -0.345 e. The summed E-state index contributed by atoms with van der Waals surface area (Å²) in [7, 11) is 2.02. The van der Waals surface area contributed by atoms with Crippen molar-refractivity contribution in [1.82, 2.24) is 5.32 Å². The van der Waals surface area contributed by atoms with Gasteiger partial charge in [0.1, 0.15) is 6.54 Å². The van der Waals surface area contributed by atoms with Crippen molar-refractivity contribution in [3.63, 3.8) is 0 Å². The lowest BCUT2D eigenvalue weighted by Crippen LogP contribution is -3.08. The maximum Gasteiger partial charge on any atom is 0.275 e. The van der Waals surface area contributed by atoms with Crippen molar-refractivity contribution in [2.75, 3.05) is 13.6 Å². The molecule has 0 saturated heterocycles. The van der Waals surface area contributed by atoms with Gasteiger partial charge in [0.05, 0.1) is 13.1 Å². The van der Waals surface area contributed by atoms with Crippen molar-refractivity contribution in [3.05, 3.63) is 69.2 Å². The van der Waals surface area contributed by atoms with Crippen LogP contribution in [0.15, 0.2) is 53.0 Å². The van der Waals surface area contributed by atoms with Crippen LogP contribution in [0.4, 0.5) is 0 Å². The van der Waals surface area contributed by atoms with E-state index in [9.17, 15) is 4.79 Å². The number of hydrogen-bond donors (Lipinski definition) is 2. The summed E-state index contributed by atoms with van der Waals surface area (Å²) < 4.78 is 1.06. The summed E-state index contributed by atoms with van der Waals surface area (Å²) in [6.07, 6.45) is 0. The van der Waals surface area contributed by atoms with Crippen LogP contribution in [-0.4, -0.2) is 19.5 Å². The third-order valence-electron chi connectivity index (χ3n) is 3.61. The molecular weight excluding hydrogens is 376 g/mol. The van der Waals surface area contributed by atoms with Gasteiger partial charge in [0.2, 0.25) is 0 Å². The van der Waals surface area contributed by atoms with E-state index >= 15 is 0 Å². The van der Waals surface area contributed by atoms with Crippen molar-refractivity contribution >= 4 is 33.4 Å². The van der Waals surface area contributed by atoms with E-state index < -0.39 is 0 Å². The molecular formula is C18H21BrClN2O+. The number of amides is 1. The van der Waals surface area contributed by atoms with Crippen molar-refractivity contribution in [2.24, 2.45) is 0 Å². The van der Waals surface area contributed by atoms with E-state index in [1.165, 1.54) is 5.56 Å². The summed E-state index contributed by atoms with van der Waals surface area (Å²) in [4.78, 5) is 13.3. The topological polar surface area (TPSA) is 33.5 Å². The number of rotatable bonds is 6. The van der Waals surface area contributed by atoms with Gasteiger partial charge in [-0.1, -0.05) is 51.8 Å². The molecule has 5 heteroatoms. The molecule has 0 fully saturated rings. The second-order valence-corrected chi connectivity index (χ2v) is 7.13. The normalized spacial score (nSPS) is 13.4. The van der Waals surface area contributed by atoms with Gasteiger partial charge in [-0.3, -0.25) is 4.79 Å². The molecule has 0 aliphatic rings. The summed E-state index contributed by atoms with van der Waals surface area (Å²) in [5, 5.41) is 3.71. The number of benzene rings is 2. The Kier molecular flexibility index (Phi) is 6.63. The molecule has 0 spiro atoms. The van der Waals surface area contributed by atoms with Crippen molar-refractivity contribution in [3.8, 4) is 0 Å². The molecule has 0 saturated carbocycles. The van der Waals surface area contributed by atoms with E-state index in [2.05, 4.69) is 33.4 Å². The Morgan fingerprint density at radius 2 is 1.96 bits per heavy atom. The van der Waals surface area contributed by atoms with E-state index in [1.54, 1.807) is 0 Å². The molecule has 0 aromatic heterocycles. The molecule has 2 aromatic carbocycles. The fourth-order valence-corrected chi connectivity index (χ4v) is 2.90. The first-order valence-electron chi connectivity index (χ1n) is 7.54. The summed E-state index contributed by atoms with van der Waals surface area (Å²) >= 11 is 9.42. The summed E-state index contributed by atoms with van der Waals surface area (Å²) in [6, 6.07) is 15.7. The molecule has 0 aliphatic heterocycles. The second kappa shape index (κ2) is 8.48. The minimum absolute atomic E-state index is 0.0343. The lowest BCUT2D eigenvalue weighted by molar-refractivity contribution is -0.885. The number of carbonyl (C=O) groups is 1. The SMILES string of the molecule is C[C@H](NC(=O)C[NH+](C)Cc1ccc(Br)cc1)c1cccc(Cl)c1. The predicted octanol–water partition coefficient (Wildman–Crippen LogP) is 2.99. The van der Waals surface area contributed by atoms with Gasteiger partial charge >= 0.3 is 0 Å². The van der Waals surface area contributed by atoms with Crippen LogP contribution >= 0.6 is 27.5 Å². The van der Waals surface area contributed by atoms with Crippen LogP contribution in [-0.2, 0) is 11.3 Å². The summed E-state index contributed by atoms with van der Waals surface area (Å²) in [6.45, 7) is 3.21. The van der Waals surface area contributed by atoms with Gasteiger partial charge in [0.15, 0.2) is 6.54 Å². The zero-order valence-corrected chi connectivity index (χ0v) is 15.6. The fraction of sp³-hybridized carbons (Fsp3) is 0.278.